The zero-order chi connectivity index (χ0) is 15.4. The third kappa shape index (κ3) is 3.31. The minimum atomic E-state index is 0.312. The van der Waals surface area contributed by atoms with Crippen LogP contribution in [0.5, 0.6) is 5.75 Å². The zero-order valence-corrected chi connectivity index (χ0v) is 12.8. The Balaban J connectivity index is 2.02. The maximum absolute atomic E-state index is 10.2. The largest absolute Gasteiger partial charge is 0.507 e. The average Bonchev–Trinajstić information content (AvgIpc) is 2.56. The summed E-state index contributed by atoms with van der Waals surface area (Å²) in [5, 5.41) is 10.2. The Labute approximate surface area is 131 Å². The minimum Gasteiger partial charge on any atom is -0.507 e. The molecule has 2 aromatic rings. The van der Waals surface area contributed by atoms with Crippen molar-refractivity contribution in [2.45, 2.75) is 6.92 Å². The second-order valence-corrected chi connectivity index (χ2v) is 5.56. The van der Waals surface area contributed by atoms with E-state index >= 15 is 0 Å². The van der Waals surface area contributed by atoms with Gasteiger partial charge in [-0.2, -0.15) is 0 Å². The summed E-state index contributed by atoms with van der Waals surface area (Å²) in [4.78, 5) is 2.28. The first-order chi connectivity index (χ1) is 10.7. The van der Waals surface area contributed by atoms with Crippen molar-refractivity contribution < 1.29 is 9.84 Å². The van der Waals surface area contributed by atoms with E-state index in [1.807, 2.05) is 18.2 Å². The molecule has 0 saturated carbocycles. The van der Waals surface area contributed by atoms with Gasteiger partial charge in [-0.3, -0.25) is 0 Å². The molecule has 3 rings (SSSR count). The second kappa shape index (κ2) is 6.67. The highest BCUT2D eigenvalue weighted by Gasteiger charge is 2.17. The fourth-order valence-electron chi connectivity index (χ4n) is 2.65. The van der Waals surface area contributed by atoms with Crippen LogP contribution >= 0.6 is 0 Å². The standard InChI is InChI=1S/C19H21NO2/c1-15-6-8-16(9-7-15)14-18(20-10-12-22-13-11-20)17-4-2-3-5-19(17)21/h2-9,14,21H,10-13H2,1H3. The molecule has 0 aromatic heterocycles. The molecule has 0 unspecified atom stereocenters. The van der Waals surface area contributed by atoms with Crippen LogP contribution in [0.4, 0.5) is 0 Å². The molecule has 0 radical (unpaired) electrons. The van der Waals surface area contributed by atoms with Crippen molar-refractivity contribution in [2.24, 2.45) is 0 Å². The van der Waals surface area contributed by atoms with Gasteiger partial charge in [0.15, 0.2) is 0 Å². The maximum atomic E-state index is 10.2. The van der Waals surface area contributed by atoms with Gasteiger partial charge in [-0.15, -0.1) is 0 Å². The number of phenolic OH excluding ortho intramolecular Hbond substituents is 1. The maximum Gasteiger partial charge on any atom is 0.124 e. The summed E-state index contributed by atoms with van der Waals surface area (Å²) in [6, 6.07) is 15.9. The molecule has 22 heavy (non-hydrogen) atoms. The molecule has 0 amide bonds. The Morgan fingerprint density at radius 3 is 2.41 bits per heavy atom. The van der Waals surface area contributed by atoms with Crippen LogP contribution < -0.4 is 0 Å². The highest BCUT2D eigenvalue weighted by Crippen LogP contribution is 2.30. The highest BCUT2D eigenvalue weighted by atomic mass is 16.5. The fraction of sp³-hybridized carbons (Fsp3) is 0.263. The van der Waals surface area contributed by atoms with Crippen molar-refractivity contribution in [2.75, 3.05) is 26.3 Å². The van der Waals surface area contributed by atoms with Gasteiger partial charge >= 0.3 is 0 Å². The summed E-state index contributed by atoms with van der Waals surface area (Å²) in [5.74, 6) is 0.312. The first-order valence-electron chi connectivity index (χ1n) is 7.63. The van der Waals surface area contributed by atoms with E-state index in [1.165, 1.54) is 5.56 Å². The van der Waals surface area contributed by atoms with Gasteiger partial charge in [0.05, 0.1) is 13.2 Å². The van der Waals surface area contributed by atoms with Gasteiger partial charge in [0, 0.05) is 24.4 Å². The van der Waals surface area contributed by atoms with E-state index in [2.05, 4.69) is 42.2 Å². The molecular weight excluding hydrogens is 274 g/mol. The number of aryl methyl sites for hydroxylation is 1. The van der Waals surface area contributed by atoms with Crippen LogP contribution in [0.15, 0.2) is 48.5 Å². The molecule has 0 atom stereocenters. The van der Waals surface area contributed by atoms with Crippen LogP contribution in [0.2, 0.25) is 0 Å². The topological polar surface area (TPSA) is 32.7 Å². The molecule has 3 nitrogen and oxygen atoms in total. The Hall–Kier alpha value is -2.26. The first-order valence-corrected chi connectivity index (χ1v) is 7.63. The van der Waals surface area contributed by atoms with E-state index in [0.29, 0.717) is 5.75 Å². The van der Waals surface area contributed by atoms with E-state index in [9.17, 15) is 5.11 Å². The van der Waals surface area contributed by atoms with Crippen LogP contribution in [0.25, 0.3) is 11.8 Å². The molecule has 1 fully saturated rings. The van der Waals surface area contributed by atoms with E-state index in [4.69, 9.17) is 4.74 Å². The zero-order valence-electron chi connectivity index (χ0n) is 12.8. The summed E-state index contributed by atoms with van der Waals surface area (Å²) < 4.78 is 5.45. The predicted octanol–water partition coefficient (Wildman–Crippen LogP) is 3.53. The fourth-order valence-corrected chi connectivity index (χ4v) is 2.65. The number of para-hydroxylation sites is 1. The van der Waals surface area contributed by atoms with Crippen LogP contribution in [-0.4, -0.2) is 36.3 Å². The van der Waals surface area contributed by atoms with Crippen molar-refractivity contribution in [3.8, 4) is 5.75 Å². The number of nitrogens with zero attached hydrogens (tertiary/aromatic N) is 1. The molecule has 0 spiro atoms. The number of aromatic hydroxyl groups is 1. The minimum absolute atomic E-state index is 0.312. The van der Waals surface area contributed by atoms with Crippen molar-refractivity contribution >= 4 is 11.8 Å². The smallest absolute Gasteiger partial charge is 0.124 e. The summed E-state index contributed by atoms with van der Waals surface area (Å²) in [6.45, 7) is 5.20. The van der Waals surface area contributed by atoms with Crippen LogP contribution in [-0.2, 0) is 4.74 Å². The van der Waals surface area contributed by atoms with Crippen molar-refractivity contribution in [1.29, 1.82) is 0 Å². The lowest BCUT2D eigenvalue weighted by Gasteiger charge is -2.31. The Kier molecular flexibility index (Phi) is 4.45. The molecule has 3 heteroatoms. The van der Waals surface area contributed by atoms with Gasteiger partial charge in [-0.25, -0.2) is 0 Å². The molecule has 114 valence electrons. The highest BCUT2D eigenvalue weighted by molar-refractivity contribution is 5.82. The van der Waals surface area contributed by atoms with E-state index in [0.717, 1.165) is 43.1 Å². The number of hydrogen-bond donors (Lipinski definition) is 1. The summed E-state index contributed by atoms with van der Waals surface area (Å²) in [5.41, 5.74) is 4.29. The van der Waals surface area contributed by atoms with Gasteiger partial charge in [0.2, 0.25) is 0 Å². The molecular formula is C19H21NO2. The van der Waals surface area contributed by atoms with Crippen molar-refractivity contribution in [3.05, 3.63) is 65.2 Å². The predicted molar refractivity (Wildman–Crippen MR) is 89.5 cm³/mol. The number of benzene rings is 2. The van der Waals surface area contributed by atoms with Gasteiger partial charge in [0.25, 0.3) is 0 Å². The molecule has 1 N–H and O–H groups in total. The summed E-state index contributed by atoms with van der Waals surface area (Å²) >= 11 is 0. The van der Waals surface area contributed by atoms with E-state index in [1.54, 1.807) is 6.07 Å². The molecule has 2 aromatic carbocycles. The molecule has 1 saturated heterocycles. The van der Waals surface area contributed by atoms with Gasteiger partial charge in [-0.05, 0) is 30.7 Å². The Morgan fingerprint density at radius 2 is 1.73 bits per heavy atom. The van der Waals surface area contributed by atoms with E-state index < -0.39 is 0 Å². The normalized spacial score (nSPS) is 15.9. The Morgan fingerprint density at radius 1 is 1.05 bits per heavy atom. The number of phenols is 1. The van der Waals surface area contributed by atoms with Crippen LogP contribution in [0.1, 0.15) is 16.7 Å². The lowest BCUT2D eigenvalue weighted by atomic mass is 10.0. The average molecular weight is 295 g/mol. The second-order valence-electron chi connectivity index (χ2n) is 5.56. The summed E-state index contributed by atoms with van der Waals surface area (Å²) in [6.07, 6.45) is 2.14. The van der Waals surface area contributed by atoms with Crippen LogP contribution in [0.3, 0.4) is 0 Å². The summed E-state index contributed by atoms with van der Waals surface area (Å²) in [7, 11) is 0. The number of morpholine rings is 1. The monoisotopic (exact) mass is 295 g/mol. The van der Waals surface area contributed by atoms with Crippen LogP contribution in [0, 0.1) is 6.92 Å². The van der Waals surface area contributed by atoms with Gasteiger partial charge in [-0.1, -0.05) is 42.0 Å². The third-order valence-corrected chi connectivity index (χ3v) is 3.91. The van der Waals surface area contributed by atoms with Crippen molar-refractivity contribution in [3.63, 3.8) is 0 Å². The molecule has 0 aliphatic carbocycles. The lowest BCUT2D eigenvalue weighted by Crippen LogP contribution is -2.34. The van der Waals surface area contributed by atoms with Gasteiger partial charge < -0.3 is 14.7 Å². The number of ether oxygens (including phenoxy) is 1. The molecule has 0 bridgehead atoms. The quantitative estimate of drug-likeness (QED) is 0.879. The first kappa shape index (κ1) is 14.7. The van der Waals surface area contributed by atoms with E-state index in [-0.39, 0.29) is 0 Å². The number of rotatable bonds is 3. The molecule has 1 aliphatic rings. The Bertz CT molecular complexity index is 655. The molecule has 1 heterocycles. The van der Waals surface area contributed by atoms with Crippen molar-refractivity contribution in [1.82, 2.24) is 4.90 Å². The lowest BCUT2D eigenvalue weighted by molar-refractivity contribution is 0.0641. The number of hydrogen-bond acceptors (Lipinski definition) is 3. The SMILES string of the molecule is Cc1ccc(C=C(c2ccccc2O)N2CCOCC2)cc1. The molecule has 1 aliphatic heterocycles. The third-order valence-electron chi connectivity index (χ3n) is 3.91. The van der Waals surface area contributed by atoms with Gasteiger partial charge in [0.1, 0.15) is 5.75 Å².